The van der Waals surface area contributed by atoms with Crippen LogP contribution in [0, 0.1) is 0 Å². The molecule has 0 amide bonds. The van der Waals surface area contributed by atoms with E-state index >= 15 is 0 Å². The van der Waals surface area contributed by atoms with Gasteiger partial charge in [0.15, 0.2) is 5.96 Å². The molecule has 1 aliphatic heterocycles. The van der Waals surface area contributed by atoms with Gasteiger partial charge < -0.3 is 15.5 Å². The number of aliphatic imine (C=N–C) groups is 1. The Morgan fingerprint density at radius 1 is 1.38 bits per heavy atom. The van der Waals surface area contributed by atoms with Crippen molar-refractivity contribution >= 4 is 27.6 Å². The normalized spacial score (nSPS) is 17.6. The van der Waals surface area contributed by atoms with Crippen LogP contribution in [-0.4, -0.2) is 48.5 Å². The number of benzene rings is 1. The number of anilines is 1. The lowest BCUT2D eigenvalue weighted by Gasteiger charge is -2.21. The summed E-state index contributed by atoms with van der Waals surface area (Å²) in [5, 5.41) is 11.2. The highest BCUT2D eigenvalue weighted by Gasteiger charge is 2.24. The molecule has 26 heavy (non-hydrogen) atoms. The molecule has 7 heteroatoms. The first-order valence-corrected chi connectivity index (χ1v) is 9.89. The van der Waals surface area contributed by atoms with Gasteiger partial charge in [0.25, 0.3) is 0 Å². The number of nitrogens with zero attached hydrogens (tertiary/aromatic N) is 4. The zero-order valence-corrected chi connectivity index (χ0v) is 17.0. The Morgan fingerprint density at radius 2 is 2.23 bits per heavy atom. The smallest absolute Gasteiger partial charge is 0.191 e. The first-order chi connectivity index (χ1) is 12.7. The van der Waals surface area contributed by atoms with E-state index in [9.17, 15) is 0 Å². The fourth-order valence-electron chi connectivity index (χ4n) is 3.29. The lowest BCUT2D eigenvalue weighted by Crippen LogP contribution is -2.44. The molecule has 1 aromatic carbocycles. The van der Waals surface area contributed by atoms with Gasteiger partial charge in [-0.05, 0) is 52.9 Å². The molecule has 0 spiro atoms. The molecule has 0 radical (unpaired) electrons. The van der Waals surface area contributed by atoms with E-state index in [0.717, 1.165) is 49.3 Å². The molecule has 140 valence electrons. The van der Waals surface area contributed by atoms with Crippen LogP contribution in [0.5, 0.6) is 0 Å². The summed E-state index contributed by atoms with van der Waals surface area (Å²) < 4.78 is 3.00. The number of aryl methyl sites for hydroxylation is 2. The van der Waals surface area contributed by atoms with Gasteiger partial charge in [-0.3, -0.25) is 9.67 Å². The van der Waals surface area contributed by atoms with Gasteiger partial charge in [-0.1, -0.05) is 12.1 Å². The number of nitrogens with one attached hydrogen (secondary N) is 2. The highest BCUT2D eigenvalue weighted by molar-refractivity contribution is 9.10. The van der Waals surface area contributed by atoms with Gasteiger partial charge >= 0.3 is 0 Å². The van der Waals surface area contributed by atoms with E-state index in [-0.39, 0.29) is 0 Å². The van der Waals surface area contributed by atoms with Gasteiger partial charge in [0.1, 0.15) is 0 Å². The zero-order valence-electron chi connectivity index (χ0n) is 15.5. The average Bonchev–Trinajstić information content (AvgIpc) is 3.27. The number of hydrogen-bond donors (Lipinski definition) is 2. The molecule has 6 nitrogen and oxygen atoms in total. The second kappa shape index (κ2) is 9.07. The molecule has 0 saturated carbocycles. The Hall–Kier alpha value is -2.02. The lowest BCUT2D eigenvalue weighted by molar-refractivity contribution is 0.643. The van der Waals surface area contributed by atoms with Gasteiger partial charge in [0.2, 0.25) is 0 Å². The quantitative estimate of drug-likeness (QED) is 0.429. The van der Waals surface area contributed by atoms with Crippen molar-refractivity contribution in [3.05, 3.63) is 46.7 Å². The zero-order chi connectivity index (χ0) is 18.4. The molecule has 3 rings (SSSR count). The first-order valence-electron chi connectivity index (χ1n) is 9.10. The summed E-state index contributed by atoms with van der Waals surface area (Å²) in [5.41, 5.74) is 2.54. The van der Waals surface area contributed by atoms with E-state index in [4.69, 9.17) is 0 Å². The second-order valence-electron chi connectivity index (χ2n) is 6.65. The minimum absolute atomic E-state index is 0.409. The van der Waals surface area contributed by atoms with Gasteiger partial charge in [0.05, 0.1) is 11.9 Å². The van der Waals surface area contributed by atoms with Crippen molar-refractivity contribution in [2.24, 2.45) is 12.0 Å². The summed E-state index contributed by atoms with van der Waals surface area (Å²) in [5.74, 6) is 0.884. The molecule has 0 bridgehead atoms. The maximum absolute atomic E-state index is 4.37. The van der Waals surface area contributed by atoms with E-state index in [1.165, 1.54) is 11.3 Å². The van der Waals surface area contributed by atoms with E-state index in [0.29, 0.717) is 6.04 Å². The highest BCUT2D eigenvalue weighted by Crippen LogP contribution is 2.28. The Kier molecular flexibility index (Phi) is 6.55. The molecule has 2 heterocycles. The number of guanidine groups is 1. The molecule has 2 N–H and O–H groups in total. The Bertz CT molecular complexity index is 741. The summed E-state index contributed by atoms with van der Waals surface area (Å²) in [6, 6.07) is 8.81. The third-order valence-electron chi connectivity index (χ3n) is 4.64. The van der Waals surface area contributed by atoms with Crippen molar-refractivity contribution in [2.75, 3.05) is 31.6 Å². The minimum atomic E-state index is 0.409. The molecule has 1 atom stereocenters. The summed E-state index contributed by atoms with van der Waals surface area (Å²) >= 11 is 3.65. The lowest BCUT2D eigenvalue weighted by atomic mass is 10.2. The van der Waals surface area contributed by atoms with Crippen molar-refractivity contribution in [3.63, 3.8) is 0 Å². The molecule has 1 aromatic heterocycles. The van der Waals surface area contributed by atoms with Crippen LogP contribution in [0.1, 0.15) is 18.4 Å². The van der Waals surface area contributed by atoms with E-state index in [1.54, 1.807) is 0 Å². The Labute approximate surface area is 163 Å². The number of para-hydroxylation sites is 1. The van der Waals surface area contributed by atoms with Crippen LogP contribution >= 0.6 is 15.9 Å². The topological polar surface area (TPSA) is 57.5 Å². The van der Waals surface area contributed by atoms with Crippen molar-refractivity contribution in [2.45, 2.75) is 25.3 Å². The maximum Gasteiger partial charge on any atom is 0.191 e. The van der Waals surface area contributed by atoms with E-state index in [2.05, 4.69) is 72.0 Å². The molecular weight excluding hydrogens is 392 g/mol. The fourth-order valence-corrected chi connectivity index (χ4v) is 3.83. The van der Waals surface area contributed by atoms with Crippen LogP contribution in [0.2, 0.25) is 0 Å². The van der Waals surface area contributed by atoms with Gasteiger partial charge in [0, 0.05) is 50.4 Å². The average molecular weight is 419 g/mol. The molecule has 0 aliphatic carbocycles. The van der Waals surface area contributed by atoms with Crippen molar-refractivity contribution in [3.8, 4) is 0 Å². The molecule has 1 saturated heterocycles. The van der Waals surface area contributed by atoms with Crippen LogP contribution in [0.3, 0.4) is 0 Å². The largest absolute Gasteiger partial charge is 0.368 e. The third kappa shape index (κ3) is 5.00. The highest BCUT2D eigenvalue weighted by atomic mass is 79.9. The Balaban J connectivity index is 1.42. The van der Waals surface area contributed by atoms with Crippen LogP contribution in [-0.2, 0) is 13.5 Å². The minimum Gasteiger partial charge on any atom is -0.368 e. The number of aromatic nitrogens is 2. The van der Waals surface area contributed by atoms with Crippen LogP contribution < -0.4 is 15.5 Å². The molecule has 1 unspecified atom stereocenters. The first kappa shape index (κ1) is 18.8. The third-order valence-corrected chi connectivity index (χ3v) is 5.31. The predicted octanol–water partition coefficient (Wildman–Crippen LogP) is 2.56. The summed E-state index contributed by atoms with van der Waals surface area (Å²) in [6.07, 6.45) is 7.19. The molecule has 1 fully saturated rings. The van der Waals surface area contributed by atoms with Crippen molar-refractivity contribution in [1.29, 1.82) is 0 Å². The standard InChI is InChI=1S/C19H27BrN6/c1-21-19(22-10-5-6-15-12-23-25(2)13-15)24-16-9-11-26(14-16)18-8-4-3-7-17(18)20/h3-4,7-8,12-13,16H,5-6,9-11,14H2,1-2H3,(H2,21,22,24). The van der Waals surface area contributed by atoms with Gasteiger partial charge in [-0.25, -0.2) is 0 Å². The molecular formula is C19H27BrN6. The maximum atomic E-state index is 4.37. The van der Waals surface area contributed by atoms with Crippen molar-refractivity contribution in [1.82, 2.24) is 20.4 Å². The SMILES string of the molecule is CN=C(NCCCc1cnn(C)c1)NC1CCN(c2ccccc2Br)C1. The molecule has 2 aromatic rings. The summed E-state index contributed by atoms with van der Waals surface area (Å²) in [4.78, 5) is 6.78. The number of halogens is 1. The second-order valence-corrected chi connectivity index (χ2v) is 7.51. The van der Waals surface area contributed by atoms with Crippen LogP contribution in [0.25, 0.3) is 0 Å². The van der Waals surface area contributed by atoms with E-state index < -0.39 is 0 Å². The summed E-state index contributed by atoms with van der Waals surface area (Å²) in [6.45, 7) is 2.94. The van der Waals surface area contributed by atoms with Crippen molar-refractivity contribution < 1.29 is 0 Å². The van der Waals surface area contributed by atoms with E-state index in [1.807, 2.05) is 25.0 Å². The summed E-state index contributed by atoms with van der Waals surface area (Å²) in [7, 11) is 3.78. The monoisotopic (exact) mass is 418 g/mol. The van der Waals surface area contributed by atoms with Gasteiger partial charge in [-0.2, -0.15) is 5.10 Å². The number of hydrogen-bond acceptors (Lipinski definition) is 3. The predicted molar refractivity (Wildman–Crippen MR) is 111 cm³/mol. The van der Waals surface area contributed by atoms with Crippen LogP contribution in [0.15, 0.2) is 46.1 Å². The van der Waals surface area contributed by atoms with Gasteiger partial charge in [-0.15, -0.1) is 0 Å². The fraction of sp³-hybridized carbons (Fsp3) is 0.474. The molecule has 1 aliphatic rings. The number of rotatable bonds is 6. The Morgan fingerprint density at radius 3 is 2.96 bits per heavy atom. The van der Waals surface area contributed by atoms with Crippen LogP contribution in [0.4, 0.5) is 5.69 Å².